The quantitative estimate of drug-likeness (QED) is 0.531. The van der Waals surface area contributed by atoms with Crippen molar-refractivity contribution in [2.75, 3.05) is 24.6 Å². The molecule has 0 fully saturated rings. The number of carbonyl (C=O) groups excluding carboxylic acids is 2. The maximum atomic E-state index is 12.0. The smallest absolute Gasteiger partial charge is 0.220 e. The average molecular weight is 374 g/mol. The molecule has 0 heterocycles. The fraction of sp³-hybridized carbons (Fsp3) is 0.824. The number of nitrogens with one attached hydrogen (secondary N) is 2. The van der Waals surface area contributed by atoms with Crippen molar-refractivity contribution < 1.29 is 18.0 Å². The van der Waals surface area contributed by atoms with Crippen molar-refractivity contribution in [3.63, 3.8) is 0 Å². The normalized spacial score (nSPS) is 12.9. The number of sulfone groups is 1. The van der Waals surface area contributed by atoms with Crippen LogP contribution in [0.5, 0.6) is 0 Å². The summed E-state index contributed by atoms with van der Waals surface area (Å²) in [6.45, 7) is 8.09. The first-order valence-corrected chi connectivity index (χ1v) is 10.4. The molecule has 2 N–H and O–H groups in total. The minimum atomic E-state index is -3.26. The van der Waals surface area contributed by atoms with E-state index in [4.69, 9.17) is 5.26 Å². The lowest BCUT2D eigenvalue weighted by Gasteiger charge is -2.17. The van der Waals surface area contributed by atoms with Crippen LogP contribution in [0.2, 0.25) is 0 Å². The molecule has 0 aromatic rings. The van der Waals surface area contributed by atoms with Crippen molar-refractivity contribution in [1.29, 1.82) is 5.26 Å². The minimum absolute atomic E-state index is 0.00518. The molecule has 0 aromatic heterocycles. The lowest BCUT2D eigenvalue weighted by atomic mass is 9.92. The summed E-state index contributed by atoms with van der Waals surface area (Å²) in [7, 11) is -3.26. The van der Waals surface area contributed by atoms with Gasteiger partial charge in [-0.25, -0.2) is 8.42 Å². The van der Waals surface area contributed by atoms with Gasteiger partial charge in [0.15, 0.2) is 9.84 Å². The molecule has 0 aliphatic rings. The second-order valence-electron chi connectivity index (χ2n) is 7.60. The van der Waals surface area contributed by atoms with Gasteiger partial charge in [-0.15, -0.1) is 0 Å². The predicted molar refractivity (Wildman–Crippen MR) is 97.4 cm³/mol. The highest BCUT2D eigenvalue weighted by atomic mass is 32.2. The molecule has 0 aromatic carbocycles. The lowest BCUT2D eigenvalue weighted by molar-refractivity contribution is -0.123. The SMILES string of the molecule is C[C@@H](CCS(=O)(=O)CCNC(=O)CC(C)(C)C)CC(=O)NCCC#N. The Balaban J connectivity index is 4.05. The van der Waals surface area contributed by atoms with E-state index in [1.54, 1.807) is 0 Å². The van der Waals surface area contributed by atoms with E-state index in [0.717, 1.165) is 0 Å². The summed E-state index contributed by atoms with van der Waals surface area (Å²) in [5.41, 5.74) is -0.133. The largest absolute Gasteiger partial charge is 0.355 e. The van der Waals surface area contributed by atoms with E-state index in [-0.39, 0.29) is 54.0 Å². The summed E-state index contributed by atoms with van der Waals surface area (Å²) in [5, 5.41) is 13.7. The van der Waals surface area contributed by atoms with Crippen LogP contribution >= 0.6 is 0 Å². The van der Waals surface area contributed by atoms with Crippen LogP contribution in [0, 0.1) is 22.7 Å². The third kappa shape index (κ3) is 14.4. The second-order valence-corrected chi connectivity index (χ2v) is 9.90. The number of hydrogen-bond acceptors (Lipinski definition) is 5. The van der Waals surface area contributed by atoms with Crippen LogP contribution in [0.15, 0.2) is 0 Å². The molecular weight excluding hydrogens is 342 g/mol. The topological polar surface area (TPSA) is 116 Å². The van der Waals surface area contributed by atoms with Crippen LogP contribution in [0.1, 0.15) is 53.4 Å². The molecule has 0 saturated carbocycles. The average Bonchev–Trinajstić information content (AvgIpc) is 2.43. The number of nitrogens with zero attached hydrogens (tertiary/aromatic N) is 1. The molecule has 1 atom stereocenters. The zero-order valence-corrected chi connectivity index (χ0v) is 16.5. The van der Waals surface area contributed by atoms with E-state index in [9.17, 15) is 18.0 Å². The van der Waals surface area contributed by atoms with E-state index < -0.39 is 9.84 Å². The van der Waals surface area contributed by atoms with Gasteiger partial charge in [0.1, 0.15) is 0 Å². The Morgan fingerprint density at radius 3 is 2.24 bits per heavy atom. The standard InChI is InChI=1S/C17H31N3O4S/c1-14(12-15(21)19-8-5-7-18)6-10-25(23,24)11-9-20-16(22)13-17(2,3)4/h14H,5-6,8-13H2,1-4H3,(H,19,21)(H,20,22)/t14-/m0/s1. The molecule has 8 heteroatoms. The van der Waals surface area contributed by atoms with Crippen LogP contribution in [0.3, 0.4) is 0 Å². The van der Waals surface area contributed by atoms with Gasteiger partial charge in [0, 0.05) is 25.9 Å². The maximum Gasteiger partial charge on any atom is 0.220 e. The Labute approximate surface area is 151 Å². The molecular formula is C17H31N3O4S. The summed E-state index contributed by atoms with van der Waals surface area (Å²) in [6.07, 6.45) is 1.24. The molecule has 0 saturated heterocycles. The van der Waals surface area contributed by atoms with Crippen molar-refractivity contribution in [2.45, 2.75) is 53.4 Å². The van der Waals surface area contributed by atoms with Crippen molar-refractivity contribution in [3.05, 3.63) is 0 Å². The molecule has 144 valence electrons. The van der Waals surface area contributed by atoms with Crippen molar-refractivity contribution in [2.24, 2.45) is 11.3 Å². The summed E-state index contributed by atoms with van der Waals surface area (Å²) in [6, 6.07) is 1.94. The van der Waals surface area contributed by atoms with E-state index in [2.05, 4.69) is 10.6 Å². The van der Waals surface area contributed by atoms with E-state index in [0.29, 0.717) is 19.4 Å². The molecule has 25 heavy (non-hydrogen) atoms. The second kappa shape index (κ2) is 11.1. The van der Waals surface area contributed by atoms with Gasteiger partial charge in [0.2, 0.25) is 11.8 Å². The maximum absolute atomic E-state index is 12.0. The van der Waals surface area contributed by atoms with Crippen molar-refractivity contribution in [3.8, 4) is 6.07 Å². The number of amides is 2. The van der Waals surface area contributed by atoms with Crippen LogP contribution < -0.4 is 10.6 Å². The zero-order chi connectivity index (χ0) is 19.5. The van der Waals surface area contributed by atoms with E-state index in [1.165, 1.54) is 0 Å². The Morgan fingerprint density at radius 2 is 1.68 bits per heavy atom. The van der Waals surface area contributed by atoms with Crippen LogP contribution in [0.4, 0.5) is 0 Å². The van der Waals surface area contributed by atoms with E-state index in [1.807, 2.05) is 33.8 Å². The number of carbonyl (C=O) groups is 2. The predicted octanol–water partition coefficient (Wildman–Crippen LogP) is 1.40. The fourth-order valence-electron chi connectivity index (χ4n) is 2.12. The Bertz CT molecular complexity index is 574. The molecule has 0 aliphatic heterocycles. The highest BCUT2D eigenvalue weighted by molar-refractivity contribution is 7.91. The first-order valence-electron chi connectivity index (χ1n) is 8.56. The molecule has 0 aliphatic carbocycles. The molecule has 0 radical (unpaired) electrons. The Morgan fingerprint density at radius 1 is 1.08 bits per heavy atom. The minimum Gasteiger partial charge on any atom is -0.355 e. The van der Waals surface area contributed by atoms with Crippen molar-refractivity contribution in [1.82, 2.24) is 10.6 Å². The molecule has 0 unspecified atom stereocenters. The fourth-order valence-corrected chi connectivity index (χ4v) is 3.50. The third-order valence-electron chi connectivity index (χ3n) is 3.44. The van der Waals surface area contributed by atoms with Crippen LogP contribution in [-0.4, -0.2) is 44.8 Å². The van der Waals surface area contributed by atoms with Gasteiger partial charge in [-0.3, -0.25) is 9.59 Å². The molecule has 2 amide bonds. The third-order valence-corrected chi connectivity index (χ3v) is 5.12. The van der Waals surface area contributed by atoms with E-state index >= 15 is 0 Å². The Kier molecular flexibility index (Phi) is 10.4. The summed E-state index contributed by atoms with van der Waals surface area (Å²) >= 11 is 0. The lowest BCUT2D eigenvalue weighted by Crippen LogP contribution is -2.32. The van der Waals surface area contributed by atoms with Gasteiger partial charge in [-0.1, -0.05) is 27.7 Å². The van der Waals surface area contributed by atoms with Gasteiger partial charge in [-0.05, 0) is 17.8 Å². The molecule has 7 nitrogen and oxygen atoms in total. The van der Waals surface area contributed by atoms with Gasteiger partial charge in [0.05, 0.1) is 24.0 Å². The van der Waals surface area contributed by atoms with Gasteiger partial charge in [0.25, 0.3) is 0 Å². The van der Waals surface area contributed by atoms with Gasteiger partial charge >= 0.3 is 0 Å². The molecule has 0 rings (SSSR count). The van der Waals surface area contributed by atoms with Crippen LogP contribution in [0.25, 0.3) is 0 Å². The molecule has 0 bridgehead atoms. The summed E-state index contributed by atoms with van der Waals surface area (Å²) in [5.74, 6) is -0.481. The van der Waals surface area contributed by atoms with Crippen LogP contribution in [-0.2, 0) is 19.4 Å². The van der Waals surface area contributed by atoms with Crippen molar-refractivity contribution >= 4 is 21.7 Å². The monoisotopic (exact) mass is 373 g/mol. The highest BCUT2D eigenvalue weighted by Crippen LogP contribution is 2.17. The highest BCUT2D eigenvalue weighted by Gasteiger charge is 2.18. The first kappa shape index (κ1) is 23.4. The zero-order valence-electron chi connectivity index (χ0n) is 15.7. The number of rotatable bonds is 11. The first-order chi connectivity index (χ1) is 11.4. The number of nitriles is 1. The Hall–Kier alpha value is -1.62. The van der Waals surface area contributed by atoms with Gasteiger partial charge in [-0.2, -0.15) is 5.26 Å². The van der Waals surface area contributed by atoms with Gasteiger partial charge < -0.3 is 10.6 Å². The molecule has 0 spiro atoms. The summed E-state index contributed by atoms with van der Waals surface area (Å²) in [4.78, 5) is 23.3. The summed E-state index contributed by atoms with van der Waals surface area (Å²) < 4.78 is 24.0. The number of hydrogen-bond donors (Lipinski definition) is 2.